The molecule has 0 saturated carbocycles. The van der Waals surface area contributed by atoms with Gasteiger partial charge in [0.1, 0.15) is 0 Å². The van der Waals surface area contributed by atoms with E-state index in [-0.39, 0.29) is 0 Å². The molecular formula is C10H22S. The van der Waals surface area contributed by atoms with Crippen LogP contribution in [-0.4, -0.2) is 5.25 Å². The smallest absolute Gasteiger partial charge is 0.00423 e. The minimum atomic E-state index is 0.465. The second-order valence-electron chi connectivity index (χ2n) is 3.83. The first-order chi connectivity index (χ1) is 5.06. The van der Waals surface area contributed by atoms with Crippen molar-refractivity contribution in [1.29, 1.82) is 0 Å². The summed E-state index contributed by atoms with van der Waals surface area (Å²) in [5, 5.41) is 0.530. The average molecular weight is 174 g/mol. The summed E-state index contributed by atoms with van der Waals surface area (Å²) >= 11 is 4.55. The average Bonchev–Trinajstić information content (AvgIpc) is 1.88. The van der Waals surface area contributed by atoms with Crippen molar-refractivity contribution in [2.24, 2.45) is 5.41 Å². The van der Waals surface area contributed by atoms with Gasteiger partial charge in [0.15, 0.2) is 0 Å². The van der Waals surface area contributed by atoms with E-state index in [9.17, 15) is 0 Å². The second kappa shape index (κ2) is 5.08. The summed E-state index contributed by atoms with van der Waals surface area (Å²) in [5.74, 6) is 0. The maximum Gasteiger partial charge on any atom is 0.00423 e. The number of thiol groups is 1. The van der Waals surface area contributed by atoms with E-state index >= 15 is 0 Å². The SMILES string of the molecule is CCCC(C)(CCC)C(C)S. The molecule has 0 aromatic rings. The zero-order valence-corrected chi connectivity index (χ0v) is 9.25. The standard InChI is InChI=1S/C10H22S/c1-5-7-10(4,8-6-2)9(3)11/h9,11H,5-8H2,1-4H3. The molecule has 0 aromatic heterocycles. The van der Waals surface area contributed by atoms with Crippen LogP contribution in [-0.2, 0) is 0 Å². The monoisotopic (exact) mass is 174 g/mol. The first kappa shape index (κ1) is 11.4. The lowest BCUT2D eigenvalue weighted by Crippen LogP contribution is -2.25. The normalized spacial score (nSPS) is 15.0. The lowest BCUT2D eigenvalue weighted by Gasteiger charge is -2.32. The first-order valence-corrected chi connectivity index (χ1v) is 5.26. The van der Waals surface area contributed by atoms with Gasteiger partial charge in [0.05, 0.1) is 0 Å². The quantitative estimate of drug-likeness (QED) is 0.600. The highest BCUT2D eigenvalue weighted by molar-refractivity contribution is 7.81. The summed E-state index contributed by atoms with van der Waals surface area (Å²) in [6.07, 6.45) is 5.18. The Morgan fingerprint density at radius 2 is 1.55 bits per heavy atom. The van der Waals surface area contributed by atoms with Gasteiger partial charge in [0, 0.05) is 5.25 Å². The van der Waals surface area contributed by atoms with Gasteiger partial charge in [-0.2, -0.15) is 12.6 Å². The fourth-order valence-corrected chi connectivity index (χ4v) is 1.94. The van der Waals surface area contributed by atoms with Gasteiger partial charge in [-0.1, -0.05) is 40.5 Å². The van der Waals surface area contributed by atoms with Gasteiger partial charge in [-0.25, -0.2) is 0 Å². The minimum absolute atomic E-state index is 0.465. The van der Waals surface area contributed by atoms with E-state index in [2.05, 4.69) is 40.3 Å². The van der Waals surface area contributed by atoms with Crippen molar-refractivity contribution in [1.82, 2.24) is 0 Å². The van der Waals surface area contributed by atoms with Crippen LogP contribution in [0.15, 0.2) is 0 Å². The highest BCUT2D eigenvalue weighted by atomic mass is 32.1. The van der Waals surface area contributed by atoms with Gasteiger partial charge >= 0.3 is 0 Å². The Balaban J connectivity index is 4.01. The van der Waals surface area contributed by atoms with E-state index in [0.717, 1.165) is 0 Å². The molecule has 0 spiro atoms. The molecule has 0 aliphatic heterocycles. The summed E-state index contributed by atoms with van der Waals surface area (Å²) in [7, 11) is 0. The van der Waals surface area contributed by atoms with Crippen LogP contribution in [0, 0.1) is 5.41 Å². The summed E-state index contributed by atoms with van der Waals surface area (Å²) in [6, 6.07) is 0. The number of rotatable bonds is 5. The molecule has 1 unspecified atom stereocenters. The maximum absolute atomic E-state index is 4.55. The Bertz CT molecular complexity index is 91.0. The molecule has 0 fully saturated rings. The molecule has 0 heterocycles. The molecule has 0 bridgehead atoms. The zero-order valence-electron chi connectivity index (χ0n) is 8.35. The highest BCUT2D eigenvalue weighted by Crippen LogP contribution is 2.35. The van der Waals surface area contributed by atoms with Crippen molar-refractivity contribution >= 4 is 12.6 Å². The Labute approximate surface area is 77.2 Å². The molecular weight excluding hydrogens is 152 g/mol. The van der Waals surface area contributed by atoms with E-state index in [1.54, 1.807) is 0 Å². The van der Waals surface area contributed by atoms with Crippen molar-refractivity contribution in [3.8, 4) is 0 Å². The van der Waals surface area contributed by atoms with Gasteiger partial charge in [-0.05, 0) is 18.3 Å². The maximum atomic E-state index is 4.55. The van der Waals surface area contributed by atoms with Crippen LogP contribution < -0.4 is 0 Å². The van der Waals surface area contributed by atoms with Crippen molar-refractivity contribution in [3.05, 3.63) is 0 Å². The van der Waals surface area contributed by atoms with Crippen molar-refractivity contribution < 1.29 is 0 Å². The molecule has 0 amide bonds. The molecule has 0 rings (SSSR count). The molecule has 68 valence electrons. The number of hydrogen-bond donors (Lipinski definition) is 1. The van der Waals surface area contributed by atoms with Gasteiger partial charge in [0.25, 0.3) is 0 Å². The van der Waals surface area contributed by atoms with Gasteiger partial charge < -0.3 is 0 Å². The van der Waals surface area contributed by atoms with Crippen LogP contribution in [0.3, 0.4) is 0 Å². The molecule has 1 heteroatoms. The predicted molar refractivity (Wildman–Crippen MR) is 56.4 cm³/mol. The van der Waals surface area contributed by atoms with Crippen molar-refractivity contribution in [2.75, 3.05) is 0 Å². The number of hydrogen-bond acceptors (Lipinski definition) is 1. The van der Waals surface area contributed by atoms with E-state index < -0.39 is 0 Å². The third-order valence-corrected chi connectivity index (χ3v) is 3.27. The van der Waals surface area contributed by atoms with E-state index in [4.69, 9.17) is 0 Å². The first-order valence-electron chi connectivity index (χ1n) is 4.75. The Morgan fingerprint density at radius 1 is 1.18 bits per heavy atom. The lowest BCUT2D eigenvalue weighted by molar-refractivity contribution is 0.266. The largest absolute Gasteiger partial charge is 0.176 e. The fraction of sp³-hybridized carbons (Fsp3) is 1.00. The molecule has 0 aliphatic carbocycles. The summed E-state index contributed by atoms with van der Waals surface area (Å²) < 4.78 is 0. The van der Waals surface area contributed by atoms with Crippen molar-refractivity contribution in [3.63, 3.8) is 0 Å². The van der Waals surface area contributed by atoms with E-state index in [1.807, 2.05) is 0 Å². The molecule has 0 radical (unpaired) electrons. The van der Waals surface area contributed by atoms with Crippen LogP contribution in [0.4, 0.5) is 0 Å². The van der Waals surface area contributed by atoms with E-state index in [1.165, 1.54) is 25.7 Å². The molecule has 0 N–H and O–H groups in total. The third-order valence-electron chi connectivity index (χ3n) is 2.65. The van der Waals surface area contributed by atoms with Crippen LogP contribution in [0.5, 0.6) is 0 Å². The van der Waals surface area contributed by atoms with Gasteiger partial charge in [-0.3, -0.25) is 0 Å². The van der Waals surface area contributed by atoms with Gasteiger partial charge in [0.2, 0.25) is 0 Å². The van der Waals surface area contributed by atoms with Crippen LogP contribution >= 0.6 is 12.6 Å². The molecule has 11 heavy (non-hydrogen) atoms. The van der Waals surface area contributed by atoms with Crippen LogP contribution in [0.25, 0.3) is 0 Å². The molecule has 0 aliphatic rings. The summed E-state index contributed by atoms with van der Waals surface area (Å²) in [5.41, 5.74) is 0.465. The van der Waals surface area contributed by atoms with Gasteiger partial charge in [-0.15, -0.1) is 0 Å². The fourth-order valence-electron chi connectivity index (χ4n) is 1.69. The Hall–Kier alpha value is 0.350. The Kier molecular flexibility index (Phi) is 5.24. The molecule has 0 nitrogen and oxygen atoms in total. The Morgan fingerprint density at radius 3 is 1.73 bits per heavy atom. The molecule has 0 saturated heterocycles. The lowest BCUT2D eigenvalue weighted by atomic mass is 9.79. The summed E-state index contributed by atoms with van der Waals surface area (Å²) in [6.45, 7) is 9.08. The van der Waals surface area contributed by atoms with Crippen LogP contribution in [0.2, 0.25) is 0 Å². The van der Waals surface area contributed by atoms with Crippen molar-refractivity contribution in [2.45, 2.75) is 58.6 Å². The van der Waals surface area contributed by atoms with Crippen LogP contribution in [0.1, 0.15) is 53.4 Å². The second-order valence-corrected chi connectivity index (χ2v) is 4.60. The summed E-state index contributed by atoms with van der Waals surface area (Å²) in [4.78, 5) is 0. The highest BCUT2D eigenvalue weighted by Gasteiger charge is 2.26. The van der Waals surface area contributed by atoms with E-state index in [0.29, 0.717) is 10.7 Å². The third kappa shape index (κ3) is 3.50. The topological polar surface area (TPSA) is 0 Å². The molecule has 0 aromatic carbocycles. The predicted octanol–water partition coefficient (Wildman–Crippen LogP) is 3.91. The molecule has 1 atom stereocenters. The zero-order chi connectivity index (χ0) is 8.91. The minimum Gasteiger partial charge on any atom is -0.176 e.